The van der Waals surface area contributed by atoms with Gasteiger partial charge in [-0.2, -0.15) is 0 Å². The molecule has 3 heteroatoms. The summed E-state index contributed by atoms with van der Waals surface area (Å²) in [4.78, 5) is 2.22. The van der Waals surface area contributed by atoms with Gasteiger partial charge in [0.2, 0.25) is 0 Å². The lowest BCUT2D eigenvalue weighted by molar-refractivity contribution is 0.816. The first-order valence-corrected chi connectivity index (χ1v) is 5.62. The zero-order chi connectivity index (χ0) is 10.6. The zero-order valence-corrected chi connectivity index (χ0v) is 10.6. The molecule has 0 aromatic heterocycles. The molecule has 0 atom stereocenters. The zero-order valence-electron chi connectivity index (χ0n) is 8.97. The van der Waals surface area contributed by atoms with Crippen LogP contribution in [0.3, 0.4) is 0 Å². The largest absolute Gasteiger partial charge is 0.374 e. The first-order valence-electron chi connectivity index (χ1n) is 4.83. The van der Waals surface area contributed by atoms with Crippen LogP contribution < -0.4 is 10.2 Å². The second kappa shape index (κ2) is 5.37. The number of halogens is 1. The summed E-state index contributed by atoms with van der Waals surface area (Å²) in [5, 5.41) is 3.14. The molecule has 1 N–H and O–H groups in total. The lowest BCUT2D eigenvalue weighted by Crippen LogP contribution is -2.16. The first kappa shape index (κ1) is 11.5. The minimum absolute atomic E-state index is 0.911. The van der Waals surface area contributed by atoms with E-state index in [0.717, 1.165) is 17.6 Å². The Balaban J connectivity index is 2.89. The Morgan fingerprint density at radius 2 is 2.14 bits per heavy atom. The van der Waals surface area contributed by atoms with Gasteiger partial charge >= 0.3 is 0 Å². The Hall–Kier alpha value is -0.540. The molecule has 1 aromatic carbocycles. The molecule has 0 fully saturated rings. The van der Waals surface area contributed by atoms with E-state index in [1.807, 2.05) is 7.05 Å². The number of hydrogen-bond donors (Lipinski definition) is 1. The van der Waals surface area contributed by atoms with Gasteiger partial charge in [0.1, 0.15) is 0 Å². The van der Waals surface area contributed by atoms with E-state index in [4.69, 9.17) is 0 Å². The Kier molecular flexibility index (Phi) is 4.42. The summed E-state index contributed by atoms with van der Waals surface area (Å²) in [7, 11) is 4.05. The summed E-state index contributed by atoms with van der Waals surface area (Å²) >= 11 is 3.59. The Morgan fingerprint density at radius 3 is 2.64 bits per heavy atom. The maximum absolute atomic E-state index is 3.59. The van der Waals surface area contributed by atoms with Gasteiger partial charge in [-0.1, -0.05) is 6.07 Å². The molecule has 78 valence electrons. The van der Waals surface area contributed by atoms with Gasteiger partial charge in [0.25, 0.3) is 0 Å². The van der Waals surface area contributed by atoms with E-state index in [-0.39, 0.29) is 0 Å². The standard InChI is InChI=1S/C11H17BrN2/c1-4-14(3)11-6-5-9(8-13-2)7-10(11)12/h5-7,13H,4,8H2,1-3H3. The number of benzene rings is 1. The minimum atomic E-state index is 0.911. The molecular weight excluding hydrogens is 240 g/mol. The molecule has 0 aliphatic carbocycles. The molecular formula is C11H17BrN2. The van der Waals surface area contributed by atoms with Crippen molar-refractivity contribution in [2.45, 2.75) is 13.5 Å². The smallest absolute Gasteiger partial charge is 0.0508 e. The highest BCUT2D eigenvalue weighted by Crippen LogP contribution is 2.26. The van der Waals surface area contributed by atoms with Gasteiger partial charge in [-0.25, -0.2) is 0 Å². The third-order valence-corrected chi connectivity index (χ3v) is 2.91. The first-order chi connectivity index (χ1) is 6.69. The number of nitrogens with zero attached hydrogens (tertiary/aromatic N) is 1. The molecule has 0 bridgehead atoms. The van der Waals surface area contributed by atoms with Crippen molar-refractivity contribution < 1.29 is 0 Å². The summed E-state index contributed by atoms with van der Waals surface area (Å²) < 4.78 is 1.16. The van der Waals surface area contributed by atoms with Crippen molar-refractivity contribution in [3.8, 4) is 0 Å². The third-order valence-electron chi connectivity index (χ3n) is 2.28. The summed E-state index contributed by atoms with van der Waals surface area (Å²) in [5.74, 6) is 0. The van der Waals surface area contributed by atoms with Crippen molar-refractivity contribution in [2.75, 3.05) is 25.5 Å². The fraction of sp³-hybridized carbons (Fsp3) is 0.455. The minimum Gasteiger partial charge on any atom is -0.374 e. The molecule has 0 heterocycles. The average Bonchev–Trinajstić information content (AvgIpc) is 2.17. The van der Waals surface area contributed by atoms with Crippen LogP contribution >= 0.6 is 15.9 Å². The molecule has 0 radical (unpaired) electrons. The quantitative estimate of drug-likeness (QED) is 0.892. The van der Waals surface area contributed by atoms with Gasteiger partial charge in [0.05, 0.1) is 5.69 Å². The van der Waals surface area contributed by atoms with Gasteiger partial charge in [-0.05, 0) is 47.6 Å². The highest BCUT2D eigenvalue weighted by Gasteiger charge is 2.04. The molecule has 1 rings (SSSR count). The van der Waals surface area contributed by atoms with Crippen molar-refractivity contribution in [1.82, 2.24) is 5.32 Å². The van der Waals surface area contributed by atoms with Gasteiger partial charge in [-0.15, -0.1) is 0 Å². The maximum atomic E-state index is 3.59. The summed E-state index contributed by atoms with van der Waals surface area (Å²) in [6, 6.07) is 6.47. The number of rotatable bonds is 4. The molecule has 14 heavy (non-hydrogen) atoms. The van der Waals surface area contributed by atoms with E-state index in [1.165, 1.54) is 11.3 Å². The maximum Gasteiger partial charge on any atom is 0.0508 e. The van der Waals surface area contributed by atoms with Crippen molar-refractivity contribution in [1.29, 1.82) is 0 Å². The monoisotopic (exact) mass is 256 g/mol. The highest BCUT2D eigenvalue weighted by atomic mass is 79.9. The van der Waals surface area contributed by atoms with Crippen LogP contribution in [0.5, 0.6) is 0 Å². The molecule has 0 saturated carbocycles. The fourth-order valence-corrected chi connectivity index (χ4v) is 2.07. The fourth-order valence-electron chi connectivity index (χ4n) is 1.34. The lowest BCUT2D eigenvalue weighted by Gasteiger charge is -2.19. The second-order valence-electron chi connectivity index (χ2n) is 3.33. The molecule has 0 amide bonds. The molecule has 0 spiro atoms. The Morgan fingerprint density at radius 1 is 1.43 bits per heavy atom. The van der Waals surface area contributed by atoms with Gasteiger partial charge < -0.3 is 10.2 Å². The predicted octanol–water partition coefficient (Wildman–Crippen LogP) is 2.62. The number of hydrogen-bond acceptors (Lipinski definition) is 2. The second-order valence-corrected chi connectivity index (χ2v) is 4.18. The third kappa shape index (κ3) is 2.72. The molecule has 0 aliphatic rings. The van der Waals surface area contributed by atoms with E-state index in [9.17, 15) is 0 Å². The van der Waals surface area contributed by atoms with Crippen LogP contribution in [0.25, 0.3) is 0 Å². The van der Waals surface area contributed by atoms with E-state index in [1.54, 1.807) is 0 Å². The van der Waals surface area contributed by atoms with Crippen LogP contribution in [0.2, 0.25) is 0 Å². The van der Waals surface area contributed by atoms with E-state index >= 15 is 0 Å². The molecule has 0 aliphatic heterocycles. The van der Waals surface area contributed by atoms with Crippen LogP contribution in [0, 0.1) is 0 Å². The number of nitrogens with one attached hydrogen (secondary N) is 1. The summed E-state index contributed by atoms with van der Waals surface area (Å²) in [5.41, 5.74) is 2.54. The van der Waals surface area contributed by atoms with E-state index in [2.05, 4.69) is 58.3 Å². The normalized spacial score (nSPS) is 10.3. The number of anilines is 1. The van der Waals surface area contributed by atoms with Crippen LogP contribution in [-0.4, -0.2) is 20.6 Å². The van der Waals surface area contributed by atoms with Crippen molar-refractivity contribution in [3.63, 3.8) is 0 Å². The van der Waals surface area contributed by atoms with Crippen LogP contribution in [0.4, 0.5) is 5.69 Å². The van der Waals surface area contributed by atoms with Crippen molar-refractivity contribution in [2.24, 2.45) is 0 Å². The molecule has 0 saturated heterocycles. The van der Waals surface area contributed by atoms with Crippen molar-refractivity contribution in [3.05, 3.63) is 28.2 Å². The van der Waals surface area contributed by atoms with Crippen LogP contribution in [-0.2, 0) is 6.54 Å². The highest BCUT2D eigenvalue weighted by molar-refractivity contribution is 9.10. The topological polar surface area (TPSA) is 15.3 Å². The summed E-state index contributed by atoms with van der Waals surface area (Å²) in [6.45, 7) is 4.08. The molecule has 1 aromatic rings. The van der Waals surface area contributed by atoms with Gasteiger partial charge in [0.15, 0.2) is 0 Å². The average molecular weight is 257 g/mol. The van der Waals surface area contributed by atoms with Crippen LogP contribution in [0.1, 0.15) is 12.5 Å². The Bertz CT molecular complexity index is 299. The molecule has 2 nitrogen and oxygen atoms in total. The van der Waals surface area contributed by atoms with Crippen LogP contribution in [0.15, 0.2) is 22.7 Å². The van der Waals surface area contributed by atoms with Gasteiger partial charge in [-0.3, -0.25) is 0 Å². The summed E-state index contributed by atoms with van der Waals surface area (Å²) in [6.07, 6.45) is 0. The Labute approximate surface area is 94.4 Å². The molecule has 0 unspecified atom stereocenters. The van der Waals surface area contributed by atoms with Crippen molar-refractivity contribution >= 4 is 21.6 Å². The van der Waals surface area contributed by atoms with E-state index < -0.39 is 0 Å². The lowest BCUT2D eigenvalue weighted by atomic mass is 10.2. The van der Waals surface area contributed by atoms with E-state index in [0.29, 0.717) is 0 Å². The van der Waals surface area contributed by atoms with Gasteiger partial charge in [0, 0.05) is 24.6 Å². The SMILES string of the molecule is CCN(C)c1ccc(CNC)cc1Br. The predicted molar refractivity (Wildman–Crippen MR) is 65.8 cm³/mol.